The van der Waals surface area contributed by atoms with E-state index in [0.717, 1.165) is 42.9 Å². The minimum atomic E-state index is -0.155. The van der Waals surface area contributed by atoms with Gasteiger partial charge in [0.15, 0.2) is 0 Å². The van der Waals surface area contributed by atoms with E-state index in [1.54, 1.807) is 0 Å². The molecule has 98 valence electrons. The van der Waals surface area contributed by atoms with Crippen molar-refractivity contribution < 1.29 is 4.79 Å². The number of hydrogen-bond acceptors (Lipinski definition) is 2. The second kappa shape index (κ2) is 5.85. The molecule has 1 aliphatic rings. The third-order valence-electron chi connectivity index (χ3n) is 4.02. The maximum atomic E-state index is 12.5. The van der Waals surface area contributed by atoms with Crippen molar-refractivity contribution in [2.45, 2.75) is 32.6 Å². The van der Waals surface area contributed by atoms with Crippen molar-refractivity contribution in [2.75, 3.05) is 13.1 Å². The predicted molar refractivity (Wildman–Crippen MR) is 75.0 cm³/mol. The van der Waals surface area contributed by atoms with E-state index >= 15 is 0 Å². The van der Waals surface area contributed by atoms with E-state index in [2.05, 4.69) is 12.2 Å². The van der Waals surface area contributed by atoms with Crippen LogP contribution in [0.25, 0.3) is 0 Å². The lowest BCUT2D eigenvalue weighted by Gasteiger charge is -2.35. The molecule has 2 nitrogen and oxygen atoms in total. The monoisotopic (exact) mass is 265 g/mol. The van der Waals surface area contributed by atoms with Gasteiger partial charge in [0, 0.05) is 23.4 Å². The SMILES string of the molecule is CCC1(C(=O)Cc2ccc(Cl)cc2)CCCNC1. The van der Waals surface area contributed by atoms with Gasteiger partial charge in [0.05, 0.1) is 0 Å². The van der Waals surface area contributed by atoms with Gasteiger partial charge in [0.25, 0.3) is 0 Å². The van der Waals surface area contributed by atoms with Crippen molar-refractivity contribution in [3.63, 3.8) is 0 Å². The topological polar surface area (TPSA) is 29.1 Å². The summed E-state index contributed by atoms with van der Waals surface area (Å²) in [7, 11) is 0. The fourth-order valence-electron chi connectivity index (χ4n) is 2.68. The molecule has 0 saturated carbocycles. The second-order valence-electron chi connectivity index (χ2n) is 5.14. The highest BCUT2D eigenvalue weighted by molar-refractivity contribution is 6.30. The Hall–Kier alpha value is -0.860. The average molecular weight is 266 g/mol. The molecular formula is C15H20ClNO. The van der Waals surface area contributed by atoms with Gasteiger partial charge in [0.1, 0.15) is 5.78 Å². The standard InChI is InChI=1S/C15H20ClNO/c1-2-15(8-3-9-17-11-15)14(18)10-12-4-6-13(16)7-5-12/h4-7,17H,2-3,8-11H2,1H3. The van der Waals surface area contributed by atoms with E-state index in [-0.39, 0.29) is 5.41 Å². The van der Waals surface area contributed by atoms with Crippen LogP contribution in [0.3, 0.4) is 0 Å². The number of rotatable bonds is 4. The van der Waals surface area contributed by atoms with Crippen LogP contribution >= 0.6 is 11.6 Å². The highest BCUT2D eigenvalue weighted by Crippen LogP contribution is 2.32. The number of nitrogens with one attached hydrogen (secondary N) is 1. The van der Waals surface area contributed by atoms with Gasteiger partial charge in [-0.3, -0.25) is 4.79 Å². The Morgan fingerprint density at radius 2 is 2.11 bits per heavy atom. The molecule has 1 aromatic carbocycles. The molecule has 0 amide bonds. The van der Waals surface area contributed by atoms with Gasteiger partial charge in [-0.15, -0.1) is 0 Å². The van der Waals surface area contributed by atoms with Gasteiger partial charge in [-0.2, -0.15) is 0 Å². The van der Waals surface area contributed by atoms with Gasteiger partial charge in [-0.05, 0) is 43.5 Å². The molecule has 0 spiro atoms. The quantitative estimate of drug-likeness (QED) is 0.906. The first kappa shape index (κ1) is 13.6. The first-order valence-corrected chi connectivity index (χ1v) is 7.02. The molecule has 1 N–H and O–H groups in total. The molecule has 1 aliphatic heterocycles. The molecule has 1 saturated heterocycles. The van der Waals surface area contributed by atoms with Crippen molar-refractivity contribution in [1.29, 1.82) is 0 Å². The van der Waals surface area contributed by atoms with Gasteiger partial charge < -0.3 is 5.32 Å². The number of ketones is 1. The summed E-state index contributed by atoms with van der Waals surface area (Å²) >= 11 is 5.86. The van der Waals surface area contributed by atoms with Crippen LogP contribution in [0.5, 0.6) is 0 Å². The molecule has 1 atom stereocenters. The molecule has 1 fully saturated rings. The van der Waals surface area contributed by atoms with Gasteiger partial charge in [-0.1, -0.05) is 30.7 Å². The first-order valence-electron chi connectivity index (χ1n) is 6.65. The third kappa shape index (κ3) is 2.93. The number of piperidine rings is 1. The fraction of sp³-hybridized carbons (Fsp3) is 0.533. The van der Waals surface area contributed by atoms with Crippen LogP contribution < -0.4 is 5.32 Å². The summed E-state index contributed by atoms with van der Waals surface area (Å²) in [5.74, 6) is 0.361. The molecule has 0 radical (unpaired) electrons. The minimum absolute atomic E-state index is 0.155. The van der Waals surface area contributed by atoms with Crippen LogP contribution in [0, 0.1) is 5.41 Å². The van der Waals surface area contributed by atoms with Crippen molar-refractivity contribution in [1.82, 2.24) is 5.32 Å². The highest BCUT2D eigenvalue weighted by atomic mass is 35.5. The number of benzene rings is 1. The van der Waals surface area contributed by atoms with E-state index in [1.165, 1.54) is 0 Å². The Bertz CT molecular complexity index is 407. The normalized spacial score (nSPS) is 23.9. The lowest BCUT2D eigenvalue weighted by molar-refractivity contribution is -0.129. The Kier molecular flexibility index (Phi) is 4.41. The molecule has 0 aromatic heterocycles. The molecule has 1 heterocycles. The van der Waals surface area contributed by atoms with Crippen LogP contribution in [0.15, 0.2) is 24.3 Å². The van der Waals surface area contributed by atoms with Crippen LogP contribution in [0.2, 0.25) is 5.02 Å². The molecule has 18 heavy (non-hydrogen) atoms. The Balaban J connectivity index is 2.07. The summed E-state index contributed by atoms with van der Waals surface area (Å²) < 4.78 is 0. The predicted octanol–water partition coefficient (Wildman–Crippen LogP) is 3.23. The lowest BCUT2D eigenvalue weighted by Crippen LogP contribution is -2.45. The highest BCUT2D eigenvalue weighted by Gasteiger charge is 2.36. The summed E-state index contributed by atoms with van der Waals surface area (Å²) in [6.07, 6.45) is 3.56. The van der Waals surface area contributed by atoms with Crippen LogP contribution in [-0.2, 0) is 11.2 Å². The van der Waals surface area contributed by atoms with Crippen molar-refractivity contribution in [3.05, 3.63) is 34.9 Å². The van der Waals surface area contributed by atoms with Crippen LogP contribution in [-0.4, -0.2) is 18.9 Å². The number of carbonyl (C=O) groups is 1. The molecule has 0 bridgehead atoms. The molecule has 1 unspecified atom stereocenters. The van der Waals surface area contributed by atoms with E-state index in [0.29, 0.717) is 12.2 Å². The van der Waals surface area contributed by atoms with E-state index in [1.807, 2.05) is 24.3 Å². The molecule has 1 aromatic rings. The fourth-order valence-corrected chi connectivity index (χ4v) is 2.81. The van der Waals surface area contributed by atoms with E-state index in [9.17, 15) is 4.79 Å². The Labute approximate surface area is 114 Å². The van der Waals surface area contributed by atoms with Crippen molar-refractivity contribution >= 4 is 17.4 Å². The summed E-state index contributed by atoms with van der Waals surface area (Å²) in [4.78, 5) is 12.5. The molecule has 2 rings (SSSR count). The van der Waals surface area contributed by atoms with E-state index in [4.69, 9.17) is 11.6 Å². The summed E-state index contributed by atoms with van der Waals surface area (Å²) in [5, 5.41) is 4.08. The summed E-state index contributed by atoms with van der Waals surface area (Å²) in [6.45, 7) is 3.98. The maximum Gasteiger partial charge on any atom is 0.144 e. The summed E-state index contributed by atoms with van der Waals surface area (Å²) in [6, 6.07) is 7.59. The number of halogens is 1. The van der Waals surface area contributed by atoms with Crippen molar-refractivity contribution in [2.24, 2.45) is 5.41 Å². The molecule has 0 aliphatic carbocycles. The third-order valence-corrected chi connectivity index (χ3v) is 4.27. The number of hydrogen-bond donors (Lipinski definition) is 1. The number of Topliss-reactive ketones (excluding diaryl/α,β-unsaturated/α-hetero) is 1. The van der Waals surface area contributed by atoms with Gasteiger partial charge in [-0.25, -0.2) is 0 Å². The molecule has 3 heteroatoms. The largest absolute Gasteiger partial charge is 0.316 e. The molecular weight excluding hydrogens is 246 g/mol. The van der Waals surface area contributed by atoms with Crippen LogP contribution in [0.4, 0.5) is 0 Å². The zero-order chi connectivity index (χ0) is 13.0. The zero-order valence-electron chi connectivity index (χ0n) is 10.8. The summed E-state index contributed by atoms with van der Waals surface area (Å²) in [5.41, 5.74) is 0.903. The van der Waals surface area contributed by atoms with E-state index < -0.39 is 0 Å². The Morgan fingerprint density at radius 3 is 2.67 bits per heavy atom. The van der Waals surface area contributed by atoms with Crippen molar-refractivity contribution in [3.8, 4) is 0 Å². The first-order chi connectivity index (χ1) is 8.66. The van der Waals surface area contributed by atoms with Gasteiger partial charge >= 0.3 is 0 Å². The maximum absolute atomic E-state index is 12.5. The Morgan fingerprint density at radius 1 is 1.39 bits per heavy atom. The zero-order valence-corrected chi connectivity index (χ0v) is 11.6. The minimum Gasteiger partial charge on any atom is -0.316 e. The average Bonchev–Trinajstić information content (AvgIpc) is 2.42. The van der Waals surface area contributed by atoms with Crippen LogP contribution in [0.1, 0.15) is 31.7 Å². The number of carbonyl (C=O) groups excluding carboxylic acids is 1. The smallest absolute Gasteiger partial charge is 0.144 e. The lowest BCUT2D eigenvalue weighted by atomic mass is 9.73. The second-order valence-corrected chi connectivity index (χ2v) is 5.58. The van der Waals surface area contributed by atoms with Gasteiger partial charge in [0.2, 0.25) is 0 Å².